The summed E-state index contributed by atoms with van der Waals surface area (Å²) in [5, 5.41) is 20.3. The number of hydrogen-bond acceptors (Lipinski definition) is 6. The third-order valence-corrected chi connectivity index (χ3v) is 4.06. The highest BCUT2D eigenvalue weighted by molar-refractivity contribution is 5.87. The highest BCUT2D eigenvalue weighted by Crippen LogP contribution is 2.27. The van der Waals surface area contributed by atoms with Gasteiger partial charge in [0.05, 0.1) is 17.6 Å². The summed E-state index contributed by atoms with van der Waals surface area (Å²) in [5.74, 6) is -1.50. The molecule has 1 N–H and O–H groups in total. The molecule has 130 valence electrons. The van der Waals surface area contributed by atoms with Crippen molar-refractivity contribution < 1.29 is 24.4 Å². The average molecular weight is 337 g/mol. The monoisotopic (exact) mass is 337 g/mol. The first kappa shape index (κ1) is 17.7. The number of nitro benzene ring substituents is 1. The van der Waals surface area contributed by atoms with Crippen LogP contribution < -0.4 is 4.90 Å². The van der Waals surface area contributed by atoms with Gasteiger partial charge in [0.25, 0.3) is 5.69 Å². The van der Waals surface area contributed by atoms with Gasteiger partial charge in [-0.1, -0.05) is 12.1 Å². The molecule has 1 aromatic carbocycles. The number of nitro groups is 1. The van der Waals surface area contributed by atoms with Crippen molar-refractivity contribution in [3.63, 3.8) is 0 Å². The second-order valence-electron chi connectivity index (χ2n) is 5.60. The van der Waals surface area contributed by atoms with Gasteiger partial charge in [-0.15, -0.1) is 0 Å². The van der Waals surface area contributed by atoms with Gasteiger partial charge >= 0.3 is 5.97 Å². The molecule has 1 aromatic rings. The molecule has 1 aliphatic rings. The van der Waals surface area contributed by atoms with Crippen LogP contribution >= 0.6 is 0 Å². The molecular formula is C15H19N3O6. The number of amides is 1. The lowest BCUT2D eigenvalue weighted by Gasteiger charge is -2.25. The van der Waals surface area contributed by atoms with E-state index in [9.17, 15) is 24.8 Å². The first-order valence-corrected chi connectivity index (χ1v) is 7.34. The molecule has 9 nitrogen and oxygen atoms in total. The van der Waals surface area contributed by atoms with Crippen molar-refractivity contribution in [3.8, 4) is 0 Å². The predicted octanol–water partition coefficient (Wildman–Crippen LogP) is 0.732. The molecular weight excluding hydrogens is 318 g/mol. The van der Waals surface area contributed by atoms with E-state index in [2.05, 4.69) is 0 Å². The Morgan fingerprint density at radius 3 is 2.71 bits per heavy atom. The zero-order valence-corrected chi connectivity index (χ0v) is 13.4. The molecule has 0 aromatic heterocycles. The lowest BCUT2D eigenvalue weighted by molar-refractivity contribution is -0.384. The van der Waals surface area contributed by atoms with Crippen LogP contribution in [0, 0.1) is 10.1 Å². The van der Waals surface area contributed by atoms with Gasteiger partial charge in [-0.2, -0.15) is 0 Å². The number of carboxylic acids is 1. The second kappa shape index (κ2) is 7.26. The first-order valence-electron chi connectivity index (χ1n) is 7.34. The van der Waals surface area contributed by atoms with Crippen molar-refractivity contribution in [2.24, 2.45) is 0 Å². The zero-order chi connectivity index (χ0) is 17.9. The summed E-state index contributed by atoms with van der Waals surface area (Å²) in [6, 6.07) is 5.14. The van der Waals surface area contributed by atoms with Gasteiger partial charge in [0.2, 0.25) is 5.91 Å². The van der Waals surface area contributed by atoms with Crippen molar-refractivity contribution in [1.29, 1.82) is 0 Å². The fourth-order valence-electron chi connectivity index (χ4n) is 2.80. The van der Waals surface area contributed by atoms with Gasteiger partial charge in [-0.25, -0.2) is 4.79 Å². The number of carbonyl (C=O) groups is 2. The molecule has 2 unspecified atom stereocenters. The number of rotatable bonds is 6. The van der Waals surface area contributed by atoms with Crippen LogP contribution in [0.15, 0.2) is 24.3 Å². The minimum Gasteiger partial charge on any atom is -0.480 e. The largest absolute Gasteiger partial charge is 0.480 e. The SMILES string of the molecule is COC1CC(C(=O)O)N(C(=O)CN(C)c2ccccc2[N+](=O)[O-])C1. The van der Waals surface area contributed by atoms with Crippen LogP contribution in [0.1, 0.15) is 6.42 Å². The van der Waals surface area contributed by atoms with Gasteiger partial charge in [-0.05, 0) is 6.07 Å². The number of nitrogens with zero attached hydrogens (tertiary/aromatic N) is 3. The normalized spacial score (nSPS) is 20.0. The third kappa shape index (κ3) is 3.62. The number of carbonyl (C=O) groups excluding carboxylic acids is 1. The number of hydrogen-bond donors (Lipinski definition) is 1. The van der Waals surface area contributed by atoms with E-state index in [0.717, 1.165) is 0 Å². The maximum atomic E-state index is 12.5. The molecule has 24 heavy (non-hydrogen) atoms. The maximum absolute atomic E-state index is 12.5. The minimum absolute atomic E-state index is 0.112. The third-order valence-electron chi connectivity index (χ3n) is 4.06. The van der Waals surface area contributed by atoms with Crippen molar-refractivity contribution in [2.75, 3.05) is 32.1 Å². The molecule has 9 heteroatoms. The topological polar surface area (TPSA) is 113 Å². The number of likely N-dealkylation sites (tertiary alicyclic amines) is 1. The van der Waals surface area contributed by atoms with E-state index in [0.29, 0.717) is 5.69 Å². The van der Waals surface area contributed by atoms with Gasteiger partial charge in [-0.3, -0.25) is 14.9 Å². The molecule has 1 heterocycles. The fourth-order valence-corrected chi connectivity index (χ4v) is 2.80. The van der Waals surface area contributed by atoms with Crippen molar-refractivity contribution in [3.05, 3.63) is 34.4 Å². The lowest BCUT2D eigenvalue weighted by Crippen LogP contribution is -2.45. The molecule has 1 saturated heterocycles. The number of aliphatic carboxylic acids is 1. The van der Waals surface area contributed by atoms with Crippen LogP contribution in [0.2, 0.25) is 0 Å². The Kier molecular flexibility index (Phi) is 5.35. The zero-order valence-electron chi connectivity index (χ0n) is 13.4. The Balaban J connectivity index is 2.14. The summed E-state index contributed by atoms with van der Waals surface area (Å²) < 4.78 is 5.15. The molecule has 0 bridgehead atoms. The van der Waals surface area contributed by atoms with E-state index in [1.807, 2.05) is 0 Å². The van der Waals surface area contributed by atoms with Gasteiger partial charge in [0.15, 0.2) is 0 Å². The molecule has 2 rings (SSSR count). The number of likely N-dealkylation sites (N-methyl/N-ethyl adjacent to an activating group) is 1. The van der Waals surface area contributed by atoms with Crippen molar-refractivity contribution in [1.82, 2.24) is 4.90 Å². The van der Waals surface area contributed by atoms with Crippen LogP contribution in [0.5, 0.6) is 0 Å². The quantitative estimate of drug-likeness (QED) is 0.601. The summed E-state index contributed by atoms with van der Waals surface area (Å²) in [4.78, 5) is 37.1. The molecule has 1 aliphatic heterocycles. The lowest BCUT2D eigenvalue weighted by atomic mass is 10.2. The summed E-state index contributed by atoms with van der Waals surface area (Å²) >= 11 is 0. The standard InChI is InChI=1S/C15H19N3O6/c1-16(11-5-3-4-6-12(11)18(22)23)9-14(19)17-8-10(24-2)7-13(17)15(20)21/h3-6,10,13H,7-9H2,1-2H3,(H,20,21). The Bertz CT molecular complexity index is 650. The summed E-state index contributed by atoms with van der Waals surface area (Å²) in [5.41, 5.74) is 0.184. The summed E-state index contributed by atoms with van der Waals surface area (Å²) in [7, 11) is 3.02. The van der Waals surface area contributed by atoms with E-state index < -0.39 is 22.8 Å². The van der Waals surface area contributed by atoms with Crippen LogP contribution in [0.25, 0.3) is 0 Å². The van der Waals surface area contributed by atoms with Crippen molar-refractivity contribution in [2.45, 2.75) is 18.6 Å². The number of methoxy groups -OCH3 is 1. The van der Waals surface area contributed by atoms with Crippen molar-refractivity contribution >= 4 is 23.3 Å². The second-order valence-corrected chi connectivity index (χ2v) is 5.60. The van der Waals surface area contributed by atoms with Crippen LogP contribution in [0.3, 0.4) is 0 Å². The number of benzene rings is 1. The highest BCUT2D eigenvalue weighted by Gasteiger charge is 2.40. The van der Waals surface area contributed by atoms with Gasteiger partial charge in [0, 0.05) is 33.2 Å². The Hall–Kier alpha value is -2.68. The number of anilines is 1. The smallest absolute Gasteiger partial charge is 0.326 e. The van der Waals surface area contributed by atoms with Crippen LogP contribution in [-0.4, -0.2) is 66.2 Å². The minimum atomic E-state index is -1.09. The summed E-state index contributed by atoms with van der Waals surface area (Å²) in [6.45, 7) is 0.0299. The van der Waals surface area contributed by atoms with E-state index in [1.165, 1.54) is 23.0 Å². The molecule has 0 radical (unpaired) electrons. The van der Waals surface area contributed by atoms with E-state index in [-0.39, 0.29) is 31.3 Å². The molecule has 2 atom stereocenters. The molecule has 0 aliphatic carbocycles. The maximum Gasteiger partial charge on any atom is 0.326 e. The molecule has 1 fully saturated rings. The predicted molar refractivity (Wildman–Crippen MR) is 84.9 cm³/mol. The van der Waals surface area contributed by atoms with E-state index >= 15 is 0 Å². The number of para-hydroxylation sites is 2. The van der Waals surface area contributed by atoms with Gasteiger partial charge in [0.1, 0.15) is 11.7 Å². The van der Waals surface area contributed by atoms with Crippen LogP contribution in [-0.2, 0) is 14.3 Å². The van der Waals surface area contributed by atoms with E-state index in [4.69, 9.17) is 4.74 Å². The molecule has 0 saturated carbocycles. The number of carboxylic acid groups (broad SMARTS) is 1. The Labute approximate surface area is 138 Å². The average Bonchev–Trinajstić information content (AvgIpc) is 2.99. The summed E-state index contributed by atoms with van der Waals surface area (Å²) in [6.07, 6.45) is -0.0985. The Morgan fingerprint density at radius 1 is 1.46 bits per heavy atom. The number of ether oxygens (including phenoxy) is 1. The molecule has 1 amide bonds. The first-order chi connectivity index (χ1) is 11.3. The van der Waals surface area contributed by atoms with Gasteiger partial charge < -0.3 is 19.6 Å². The highest BCUT2D eigenvalue weighted by atomic mass is 16.6. The Morgan fingerprint density at radius 2 is 2.12 bits per heavy atom. The fraction of sp³-hybridized carbons (Fsp3) is 0.467. The molecule has 0 spiro atoms. The van der Waals surface area contributed by atoms with Crippen LogP contribution in [0.4, 0.5) is 11.4 Å². The van der Waals surface area contributed by atoms with E-state index in [1.54, 1.807) is 25.2 Å².